The summed E-state index contributed by atoms with van der Waals surface area (Å²) in [7, 11) is 1.50. The van der Waals surface area contributed by atoms with Crippen LogP contribution in [0.15, 0.2) is 0 Å². The second-order valence-electron chi connectivity index (χ2n) is 5.41. The van der Waals surface area contributed by atoms with E-state index in [1.807, 2.05) is 0 Å². The topological polar surface area (TPSA) is 93.4 Å². The van der Waals surface area contributed by atoms with Crippen LogP contribution in [0.4, 0.5) is 0 Å². The molecule has 0 saturated heterocycles. The van der Waals surface area contributed by atoms with E-state index in [0.717, 1.165) is 12.8 Å². The van der Waals surface area contributed by atoms with Crippen molar-refractivity contribution >= 4 is 11.8 Å². The monoisotopic (exact) mass is 285 g/mol. The van der Waals surface area contributed by atoms with Crippen LogP contribution in [0.25, 0.3) is 0 Å². The number of ether oxygens (including phenoxy) is 1. The molecule has 1 rings (SSSR count). The van der Waals surface area contributed by atoms with E-state index in [9.17, 15) is 9.59 Å². The first-order valence-electron chi connectivity index (χ1n) is 7.42. The van der Waals surface area contributed by atoms with Gasteiger partial charge in [-0.1, -0.05) is 19.3 Å². The van der Waals surface area contributed by atoms with Gasteiger partial charge in [0.15, 0.2) is 0 Å². The molecule has 20 heavy (non-hydrogen) atoms. The van der Waals surface area contributed by atoms with Gasteiger partial charge in [-0.15, -0.1) is 0 Å². The minimum absolute atomic E-state index is 0.0762. The molecule has 116 valence electrons. The number of hydrogen-bond acceptors (Lipinski definition) is 4. The lowest BCUT2D eigenvalue weighted by atomic mass is 9.87. The normalized spacial score (nSPS) is 17.5. The number of amides is 2. The lowest BCUT2D eigenvalue weighted by molar-refractivity contribution is -0.124. The molecule has 0 aromatic rings. The molecule has 6 nitrogen and oxygen atoms in total. The average molecular weight is 285 g/mol. The zero-order valence-electron chi connectivity index (χ0n) is 12.3. The fourth-order valence-corrected chi connectivity index (χ4v) is 2.50. The van der Waals surface area contributed by atoms with E-state index in [0.29, 0.717) is 25.4 Å². The van der Waals surface area contributed by atoms with Crippen molar-refractivity contribution in [3.8, 4) is 0 Å². The number of rotatable bonds is 8. The van der Waals surface area contributed by atoms with Crippen LogP contribution < -0.4 is 16.4 Å². The zero-order chi connectivity index (χ0) is 14.8. The zero-order valence-corrected chi connectivity index (χ0v) is 12.3. The predicted octanol–water partition coefficient (Wildman–Crippen LogP) is 0.163. The number of nitrogens with one attached hydrogen (secondary N) is 2. The summed E-state index contributed by atoms with van der Waals surface area (Å²) < 4.78 is 4.80. The molecule has 1 saturated carbocycles. The molecule has 0 aliphatic heterocycles. The molecule has 1 fully saturated rings. The van der Waals surface area contributed by atoms with Gasteiger partial charge in [-0.3, -0.25) is 9.59 Å². The van der Waals surface area contributed by atoms with E-state index >= 15 is 0 Å². The van der Waals surface area contributed by atoms with Gasteiger partial charge < -0.3 is 21.1 Å². The van der Waals surface area contributed by atoms with Crippen LogP contribution in [0.3, 0.4) is 0 Å². The Morgan fingerprint density at radius 1 is 1.20 bits per heavy atom. The molecular formula is C14H27N3O3. The maximum Gasteiger partial charge on any atom is 0.239 e. The smallest absolute Gasteiger partial charge is 0.239 e. The minimum Gasteiger partial charge on any atom is -0.383 e. The molecule has 0 aromatic carbocycles. The third-order valence-corrected chi connectivity index (χ3v) is 3.63. The van der Waals surface area contributed by atoms with Crippen molar-refractivity contribution in [1.29, 1.82) is 0 Å². The van der Waals surface area contributed by atoms with Gasteiger partial charge in [-0.25, -0.2) is 0 Å². The molecule has 0 spiro atoms. The number of carbonyl (C=O) groups excluding carboxylic acids is 2. The van der Waals surface area contributed by atoms with Crippen LogP contribution in [0.2, 0.25) is 0 Å². The highest BCUT2D eigenvalue weighted by Crippen LogP contribution is 2.25. The fraction of sp³-hybridized carbons (Fsp3) is 0.857. The maximum absolute atomic E-state index is 11.7. The lowest BCUT2D eigenvalue weighted by Gasteiger charge is -2.20. The van der Waals surface area contributed by atoms with Gasteiger partial charge in [0.05, 0.1) is 6.61 Å². The van der Waals surface area contributed by atoms with Crippen molar-refractivity contribution in [3.63, 3.8) is 0 Å². The molecule has 1 aliphatic rings. The van der Waals surface area contributed by atoms with Gasteiger partial charge in [0, 0.05) is 26.6 Å². The van der Waals surface area contributed by atoms with Gasteiger partial charge in [0.25, 0.3) is 0 Å². The third kappa shape index (κ3) is 6.86. The van der Waals surface area contributed by atoms with E-state index in [1.165, 1.54) is 26.4 Å². The number of carbonyl (C=O) groups is 2. The van der Waals surface area contributed by atoms with Crippen molar-refractivity contribution < 1.29 is 14.3 Å². The first-order valence-corrected chi connectivity index (χ1v) is 7.42. The molecule has 0 radical (unpaired) electrons. The van der Waals surface area contributed by atoms with Crippen LogP contribution in [0.1, 0.15) is 38.5 Å². The largest absolute Gasteiger partial charge is 0.383 e. The minimum atomic E-state index is -0.655. The molecule has 0 heterocycles. The Balaban J connectivity index is 2.05. The quantitative estimate of drug-likeness (QED) is 0.554. The molecular weight excluding hydrogens is 258 g/mol. The highest BCUT2D eigenvalue weighted by molar-refractivity contribution is 5.81. The maximum atomic E-state index is 11.7. The molecule has 1 unspecified atom stereocenters. The average Bonchev–Trinajstić information content (AvgIpc) is 2.44. The van der Waals surface area contributed by atoms with Crippen LogP contribution in [0.5, 0.6) is 0 Å². The van der Waals surface area contributed by atoms with Crippen molar-refractivity contribution in [2.24, 2.45) is 11.7 Å². The van der Waals surface area contributed by atoms with Crippen LogP contribution in [-0.2, 0) is 14.3 Å². The fourth-order valence-electron chi connectivity index (χ4n) is 2.50. The molecule has 1 atom stereocenters. The number of nitrogens with two attached hydrogens (primary N) is 1. The van der Waals surface area contributed by atoms with E-state index in [1.54, 1.807) is 0 Å². The summed E-state index contributed by atoms with van der Waals surface area (Å²) in [6, 6.07) is -0.655. The molecule has 1 aliphatic carbocycles. The summed E-state index contributed by atoms with van der Waals surface area (Å²) in [5.74, 6) is 0.356. The molecule has 6 heteroatoms. The Morgan fingerprint density at radius 3 is 2.50 bits per heavy atom. The second kappa shape index (κ2) is 9.72. The van der Waals surface area contributed by atoms with Crippen molar-refractivity contribution in [1.82, 2.24) is 10.6 Å². The third-order valence-electron chi connectivity index (χ3n) is 3.63. The predicted molar refractivity (Wildman–Crippen MR) is 77.1 cm³/mol. The highest BCUT2D eigenvalue weighted by Gasteiger charge is 2.17. The first-order chi connectivity index (χ1) is 9.63. The van der Waals surface area contributed by atoms with E-state index in [-0.39, 0.29) is 18.4 Å². The van der Waals surface area contributed by atoms with Gasteiger partial charge in [-0.05, 0) is 18.8 Å². The van der Waals surface area contributed by atoms with Gasteiger partial charge in [-0.2, -0.15) is 0 Å². The molecule has 0 bridgehead atoms. The summed E-state index contributed by atoms with van der Waals surface area (Å²) in [6.07, 6.45) is 6.71. The van der Waals surface area contributed by atoms with E-state index in [2.05, 4.69) is 10.6 Å². The Labute approximate surface area is 120 Å². The van der Waals surface area contributed by atoms with Crippen LogP contribution in [-0.4, -0.2) is 44.7 Å². The van der Waals surface area contributed by atoms with Crippen molar-refractivity contribution in [2.45, 2.75) is 44.6 Å². The summed E-state index contributed by atoms with van der Waals surface area (Å²) in [5.41, 5.74) is 5.57. The van der Waals surface area contributed by atoms with Crippen molar-refractivity contribution in [2.75, 3.05) is 26.8 Å². The number of methoxy groups -OCH3 is 1. The summed E-state index contributed by atoms with van der Waals surface area (Å²) in [6.45, 7) is 1.03. The molecule has 4 N–H and O–H groups in total. The van der Waals surface area contributed by atoms with E-state index in [4.69, 9.17) is 10.5 Å². The van der Waals surface area contributed by atoms with E-state index < -0.39 is 6.04 Å². The number of hydrogen-bond donors (Lipinski definition) is 3. The van der Waals surface area contributed by atoms with Crippen LogP contribution >= 0.6 is 0 Å². The standard InChI is InChI=1S/C14H27N3O3/c1-20-10-12(15)14(19)17-8-7-16-13(18)9-11-5-3-2-4-6-11/h11-12H,2-10,15H2,1H3,(H,16,18)(H,17,19). The van der Waals surface area contributed by atoms with Gasteiger partial charge in [0.2, 0.25) is 11.8 Å². The SMILES string of the molecule is COCC(N)C(=O)NCCNC(=O)CC1CCCCC1. The summed E-state index contributed by atoms with van der Waals surface area (Å²) in [5, 5.41) is 5.50. The summed E-state index contributed by atoms with van der Waals surface area (Å²) in [4.78, 5) is 23.2. The Hall–Kier alpha value is -1.14. The molecule has 2 amide bonds. The van der Waals surface area contributed by atoms with Gasteiger partial charge >= 0.3 is 0 Å². The van der Waals surface area contributed by atoms with Gasteiger partial charge in [0.1, 0.15) is 6.04 Å². The Kier molecular flexibility index (Phi) is 8.22. The Bertz CT molecular complexity index is 304. The molecule has 0 aromatic heterocycles. The van der Waals surface area contributed by atoms with Crippen molar-refractivity contribution in [3.05, 3.63) is 0 Å². The highest BCUT2D eigenvalue weighted by atomic mass is 16.5. The second-order valence-corrected chi connectivity index (χ2v) is 5.41. The summed E-state index contributed by atoms with van der Waals surface area (Å²) >= 11 is 0. The van der Waals surface area contributed by atoms with Crippen LogP contribution in [0, 0.1) is 5.92 Å². The lowest BCUT2D eigenvalue weighted by Crippen LogP contribution is -2.45. The Morgan fingerprint density at radius 2 is 1.85 bits per heavy atom. The first kappa shape index (κ1) is 16.9.